The van der Waals surface area contributed by atoms with Gasteiger partial charge in [0.1, 0.15) is 0 Å². The van der Waals surface area contributed by atoms with Gasteiger partial charge >= 0.3 is 0 Å². The summed E-state index contributed by atoms with van der Waals surface area (Å²) in [6.45, 7) is 1.52. The van der Waals surface area contributed by atoms with Gasteiger partial charge in [-0.25, -0.2) is 0 Å². The van der Waals surface area contributed by atoms with Crippen LogP contribution in [0.15, 0.2) is 0 Å². The highest BCUT2D eigenvalue weighted by atomic mass is 14.9. The van der Waals surface area contributed by atoms with Crippen molar-refractivity contribution >= 4 is 0 Å². The van der Waals surface area contributed by atoms with Crippen LogP contribution in [-0.4, -0.2) is 26.2 Å². The molecular weight excluding hydrogens is 126 g/mol. The minimum absolute atomic E-state index is 0.478. The van der Waals surface area contributed by atoms with Gasteiger partial charge < -0.3 is 16.8 Å². The molecule has 1 atom stereocenters. The second-order valence-electron chi connectivity index (χ2n) is 2.51. The lowest BCUT2D eigenvalue weighted by Crippen LogP contribution is -2.33. The molecule has 0 aliphatic heterocycles. The molecule has 5 N–H and O–H groups in total. The molecule has 0 aromatic carbocycles. The molecule has 0 heterocycles. The van der Waals surface area contributed by atoms with Gasteiger partial charge in [0.25, 0.3) is 0 Å². The standard InChI is InChI=1S/C7H19N3/c1-10-7(6-9)4-2-3-5-8/h7,10H,2-6,8-9H2,1H3. The Labute approximate surface area is 63.2 Å². The van der Waals surface area contributed by atoms with E-state index in [0.717, 1.165) is 25.9 Å². The summed E-state index contributed by atoms with van der Waals surface area (Å²) in [5.41, 5.74) is 10.8. The van der Waals surface area contributed by atoms with E-state index in [9.17, 15) is 0 Å². The van der Waals surface area contributed by atoms with Crippen LogP contribution in [-0.2, 0) is 0 Å². The van der Waals surface area contributed by atoms with Crippen LogP contribution >= 0.6 is 0 Å². The predicted octanol–water partition coefficient (Wildman–Crippen LogP) is -0.338. The third kappa shape index (κ3) is 4.73. The van der Waals surface area contributed by atoms with Gasteiger partial charge in [-0.2, -0.15) is 0 Å². The molecular formula is C7H19N3. The SMILES string of the molecule is CNC(CN)CCCCN. The molecule has 0 rings (SSSR count). The van der Waals surface area contributed by atoms with Crippen molar-refractivity contribution in [1.29, 1.82) is 0 Å². The average molecular weight is 145 g/mol. The van der Waals surface area contributed by atoms with Crippen molar-refractivity contribution in [2.75, 3.05) is 20.1 Å². The minimum atomic E-state index is 0.478. The van der Waals surface area contributed by atoms with Crippen LogP contribution in [0.4, 0.5) is 0 Å². The number of nitrogens with two attached hydrogens (primary N) is 2. The lowest BCUT2D eigenvalue weighted by atomic mass is 10.1. The van der Waals surface area contributed by atoms with Crippen molar-refractivity contribution in [3.05, 3.63) is 0 Å². The predicted molar refractivity (Wildman–Crippen MR) is 44.8 cm³/mol. The number of likely N-dealkylation sites (N-methyl/N-ethyl adjacent to an activating group) is 1. The van der Waals surface area contributed by atoms with E-state index in [0.29, 0.717) is 6.04 Å². The molecule has 0 aliphatic rings. The first kappa shape index (κ1) is 9.88. The van der Waals surface area contributed by atoms with Gasteiger partial charge in [-0.3, -0.25) is 0 Å². The Morgan fingerprint density at radius 3 is 2.40 bits per heavy atom. The van der Waals surface area contributed by atoms with Crippen LogP contribution < -0.4 is 16.8 Å². The quantitative estimate of drug-likeness (QED) is 0.448. The van der Waals surface area contributed by atoms with Crippen LogP contribution in [0.1, 0.15) is 19.3 Å². The summed E-state index contributed by atoms with van der Waals surface area (Å²) in [5.74, 6) is 0. The summed E-state index contributed by atoms with van der Waals surface area (Å²) in [5, 5.41) is 3.14. The molecule has 0 amide bonds. The zero-order valence-electron chi connectivity index (χ0n) is 6.77. The largest absolute Gasteiger partial charge is 0.330 e. The molecule has 0 aromatic heterocycles. The van der Waals surface area contributed by atoms with Crippen LogP contribution in [0.25, 0.3) is 0 Å². The van der Waals surface area contributed by atoms with Gasteiger partial charge in [0.05, 0.1) is 0 Å². The van der Waals surface area contributed by atoms with E-state index in [4.69, 9.17) is 11.5 Å². The van der Waals surface area contributed by atoms with Gasteiger partial charge in [-0.05, 0) is 26.4 Å². The third-order valence-corrected chi connectivity index (χ3v) is 1.70. The fourth-order valence-corrected chi connectivity index (χ4v) is 0.915. The first-order chi connectivity index (χ1) is 4.85. The molecule has 0 spiro atoms. The first-order valence-electron chi connectivity index (χ1n) is 3.92. The van der Waals surface area contributed by atoms with Crippen molar-refractivity contribution in [2.45, 2.75) is 25.3 Å². The molecule has 3 nitrogen and oxygen atoms in total. The highest BCUT2D eigenvalue weighted by Crippen LogP contribution is 1.97. The fraction of sp³-hybridized carbons (Fsp3) is 1.00. The third-order valence-electron chi connectivity index (χ3n) is 1.70. The minimum Gasteiger partial charge on any atom is -0.330 e. The lowest BCUT2D eigenvalue weighted by Gasteiger charge is -2.12. The highest BCUT2D eigenvalue weighted by molar-refractivity contribution is 4.64. The summed E-state index contributed by atoms with van der Waals surface area (Å²) >= 11 is 0. The van der Waals surface area contributed by atoms with Crippen LogP contribution in [0.3, 0.4) is 0 Å². The second-order valence-corrected chi connectivity index (χ2v) is 2.51. The van der Waals surface area contributed by atoms with Crippen molar-refractivity contribution < 1.29 is 0 Å². The molecule has 0 radical (unpaired) electrons. The van der Waals surface area contributed by atoms with Crippen molar-refractivity contribution in [2.24, 2.45) is 11.5 Å². The number of unbranched alkanes of at least 4 members (excludes halogenated alkanes) is 1. The molecule has 0 saturated heterocycles. The Kier molecular flexibility index (Phi) is 6.91. The number of hydrogen-bond donors (Lipinski definition) is 3. The molecule has 3 heteroatoms. The Bertz CT molecular complexity index is 61.9. The molecule has 0 fully saturated rings. The molecule has 0 aromatic rings. The first-order valence-corrected chi connectivity index (χ1v) is 3.92. The topological polar surface area (TPSA) is 64.1 Å². The Hall–Kier alpha value is -0.120. The molecule has 0 saturated carbocycles. The molecule has 10 heavy (non-hydrogen) atoms. The Morgan fingerprint density at radius 1 is 1.30 bits per heavy atom. The smallest absolute Gasteiger partial charge is 0.0187 e. The molecule has 0 aliphatic carbocycles. The zero-order chi connectivity index (χ0) is 7.82. The van der Waals surface area contributed by atoms with Gasteiger partial charge in [0.15, 0.2) is 0 Å². The monoisotopic (exact) mass is 145 g/mol. The molecule has 1 unspecified atom stereocenters. The Balaban J connectivity index is 3.09. The van der Waals surface area contributed by atoms with Gasteiger partial charge in [0, 0.05) is 12.6 Å². The van der Waals surface area contributed by atoms with Gasteiger partial charge in [-0.1, -0.05) is 6.42 Å². The van der Waals surface area contributed by atoms with Crippen molar-refractivity contribution in [3.63, 3.8) is 0 Å². The maximum atomic E-state index is 5.47. The average Bonchev–Trinajstić information content (AvgIpc) is 1.99. The summed E-state index contributed by atoms with van der Waals surface area (Å²) in [7, 11) is 1.94. The maximum Gasteiger partial charge on any atom is 0.0187 e. The lowest BCUT2D eigenvalue weighted by molar-refractivity contribution is 0.504. The summed E-state index contributed by atoms with van der Waals surface area (Å²) < 4.78 is 0. The van der Waals surface area contributed by atoms with Crippen LogP contribution in [0, 0.1) is 0 Å². The van der Waals surface area contributed by atoms with Gasteiger partial charge in [-0.15, -0.1) is 0 Å². The van der Waals surface area contributed by atoms with E-state index < -0.39 is 0 Å². The number of rotatable bonds is 6. The number of hydrogen-bond acceptors (Lipinski definition) is 3. The Morgan fingerprint density at radius 2 is 2.00 bits per heavy atom. The summed E-state index contributed by atoms with van der Waals surface area (Å²) in [4.78, 5) is 0. The highest BCUT2D eigenvalue weighted by Gasteiger charge is 2.00. The van der Waals surface area contributed by atoms with E-state index in [1.165, 1.54) is 6.42 Å². The van der Waals surface area contributed by atoms with Crippen molar-refractivity contribution in [1.82, 2.24) is 5.32 Å². The van der Waals surface area contributed by atoms with Crippen LogP contribution in [0.5, 0.6) is 0 Å². The molecule has 62 valence electrons. The normalized spacial score (nSPS) is 13.5. The van der Waals surface area contributed by atoms with Gasteiger partial charge in [0.2, 0.25) is 0 Å². The van der Waals surface area contributed by atoms with E-state index >= 15 is 0 Å². The van der Waals surface area contributed by atoms with E-state index in [2.05, 4.69) is 5.32 Å². The van der Waals surface area contributed by atoms with Crippen molar-refractivity contribution in [3.8, 4) is 0 Å². The van der Waals surface area contributed by atoms with E-state index in [-0.39, 0.29) is 0 Å². The maximum absolute atomic E-state index is 5.47. The molecule has 0 bridgehead atoms. The zero-order valence-corrected chi connectivity index (χ0v) is 6.77. The second kappa shape index (κ2) is 6.99. The summed E-state index contributed by atoms with van der Waals surface area (Å²) in [6.07, 6.45) is 3.43. The number of nitrogens with one attached hydrogen (secondary N) is 1. The fourth-order valence-electron chi connectivity index (χ4n) is 0.915. The summed E-state index contributed by atoms with van der Waals surface area (Å²) in [6, 6.07) is 0.478. The van der Waals surface area contributed by atoms with Crippen LogP contribution in [0.2, 0.25) is 0 Å². The van der Waals surface area contributed by atoms with E-state index in [1.54, 1.807) is 0 Å². The van der Waals surface area contributed by atoms with E-state index in [1.807, 2.05) is 7.05 Å².